The zero-order valence-corrected chi connectivity index (χ0v) is 9.06. The van der Waals surface area contributed by atoms with Gasteiger partial charge in [0.25, 0.3) is 0 Å². The molecule has 4 heteroatoms. The van der Waals surface area contributed by atoms with E-state index in [1.54, 1.807) is 13.2 Å². The van der Waals surface area contributed by atoms with Gasteiger partial charge in [-0.3, -0.25) is 0 Å². The van der Waals surface area contributed by atoms with Crippen LogP contribution in [0.3, 0.4) is 0 Å². The zero-order valence-electron chi connectivity index (χ0n) is 8.24. The third-order valence-electron chi connectivity index (χ3n) is 1.68. The van der Waals surface area contributed by atoms with E-state index >= 15 is 0 Å². The highest BCUT2D eigenvalue weighted by molar-refractivity contribution is 7.80. The van der Waals surface area contributed by atoms with Crippen molar-refractivity contribution in [2.45, 2.75) is 6.92 Å². The van der Waals surface area contributed by atoms with Crippen LogP contribution >= 0.6 is 12.2 Å². The largest absolute Gasteiger partial charge is 0.468 e. The summed E-state index contributed by atoms with van der Waals surface area (Å²) < 4.78 is 10.1. The van der Waals surface area contributed by atoms with Crippen molar-refractivity contribution in [3.63, 3.8) is 0 Å². The summed E-state index contributed by atoms with van der Waals surface area (Å²) in [6, 6.07) is 5.62. The molecular formula is C10H13NO2S. The number of methoxy groups -OCH3 is 1. The quantitative estimate of drug-likeness (QED) is 0.607. The number of hydrogen-bond acceptors (Lipinski definition) is 3. The number of benzene rings is 1. The summed E-state index contributed by atoms with van der Waals surface area (Å²) in [6.45, 7) is 2.18. The third-order valence-corrected chi connectivity index (χ3v) is 1.91. The molecule has 0 unspecified atom stereocenters. The van der Waals surface area contributed by atoms with E-state index in [-0.39, 0.29) is 6.79 Å². The van der Waals surface area contributed by atoms with Gasteiger partial charge in [0, 0.05) is 12.7 Å². The Morgan fingerprint density at radius 3 is 2.71 bits per heavy atom. The molecule has 0 aromatic heterocycles. The lowest BCUT2D eigenvalue weighted by Gasteiger charge is -2.07. The Morgan fingerprint density at radius 2 is 2.14 bits per heavy atom. The van der Waals surface area contributed by atoms with Gasteiger partial charge in [-0.2, -0.15) is 0 Å². The molecule has 0 aliphatic carbocycles. The molecule has 0 amide bonds. The smallest absolute Gasteiger partial charge is 0.188 e. The highest BCUT2D eigenvalue weighted by atomic mass is 32.1. The summed E-state index contributed by atoms with van der Waals surface area (Å²) in [5.41, 5.74) is 7.39. The van der Waals surface area contributed by atoms with E-state index < -0.39 is 0 Å². The van der Waals surface area contributed by atoms with Gasteiger partial charge in [-0.15, -0.1) is 0 Å². The van der Waals surface area contributed by atoms with Gasteiger partial charge in [-0.25, -0.2) is 0 Å². The molecule has 1 rings (SSSR count). The second kappa shape index (κ2) is 4.93. The average molecular weight is 211 g/mol. The molecule has 76 valence electrons. The molecule has 0 aliphatic heterocycles. The normalized spacial score (nSPS) is 9.86. The standard InChI is InChI=1S/C10H13NO2S/c1-7-3-8(10(11)14)5-9(4-7)13-6-12-2/h3-5H,6H2,1-2H3,(H2,11,14). The summed E-state index contributed by atoms with van der Waals surface area (Å²) in [5.74, 6) is 0.717. The topological polar surface area (TPSA) is 44.5 Å². The van der Waals surface area contributed by atoms with Gasteiger partial charge < -0.3 is 15.2 Å². The first-order chi connectivity index (χ1) is 6.63. The second-order valence-corrected chi connectivity index (χ2v) is 3.39. The van der Waals surface area contributed by atoms with E-state index in [9.17, 15) is 0 Å². The van der Waals surface area contributed by atoms with Gasteiger partial charge in [0.05, 0.1) is 0 Å². The van der Waals surface area contributed by atoms with Crippen molar-refractivity contribution >= 4 is 17.2 Å². The van der Waals surface area contributed by atoms with Crippen molar-refractivity contribution in [3.8, 4) is 5.75 Å². The third kappa shape index (κ3) is 2.97. The van der Waals surface area contributed by atoms with Crippen LogP contribution in [-0.2, 0) is 4.74 Å². The van der Waals surface area contributed by atoms with Crippen LogP contribution in [0.1, 0.15) is 11.1 Å². The molecule has 0 saturated carbocycles. The van der Waals surface area contributed by atoms with Crippen LogP contribution in [-0.4, -0.2) is 18.9 Å². The van der Waals surface area contributed by atoms with Crippen LogP contribution in [0, 0.1) is 6.92 Å². The molecule has 2 N–H and O–H groups in total. The lowest BCUT2D eigenvalue weighted by atomic mass is 10.1. The molecule has 0 spiro atoms. The predicted molar refractivity (Wildman–Crippen MR) is 59.6 cm³/mol. The average Bonchev–Trinajstić information content (AvgIpc) is 2.14. The summed E-state index contributed by atoms with van der Waals surface area (Å²) in [4.78, 5) is 0.371. The monoisotopic (exact) mass is 211 g/mol. The number of ether oxygens (including phenoxy) is 2. The van der Waals surface area contributed by atoms with E-state index in [0.29, 0.717) is 4.99 Å². The fourth-order valence-corrected chi connectivity index (χ4v) is 1.22. The predicted octanol–water partition coefficient (Wildman–Crippen LogP) is 1.61. The maximum Gasteiger partial charge on any atom is 0.188 e. The van der Waals surface area contributed by atoms with Gasteiger partial charge in [0.15, 0.2) is 6.79 Å². The number of hydrogen-bond donors (Lipinski definition) is 1. The molecular weight excluding hydrogens is 198 g/mol. The van der Waals surface area contributed by atoms with E-state index in [0.717, 1.165) is 16.9 Å². The first-order valence-electron chi connectivity index (χ1n) is 4.16. The molecule has 1 aromatic rings. The Morgan fingerprint density at radius 1 is 1.43 bits per heavy atom. The first-order valence-corrected chi connectivity index (χ1v) is 4.57. The molecule has 1 aromatic carbocycles. The summed E-state index contributed by atoms with van der Waals surface area (Å²) in [5, 5.41) is 0. The van der Waals surface area contributed by atoms with Crippen LogP contribution in [0.25, 0.3) is 0 Å². The molecule has 0 saturated heterocycles. The number of aryl methyl sites for hydroxylation is 1. The zero-order chi connectivity index (χ0) is 10.6. The van der Waals surface area contributed by atoms with E-state index in [1.165, 1.54) is 0 Å². The minimum atomic E-state index is 0.222. The van der Waals surface area contributed by atoms with Crippen molar-refractivity contribution in [1.29, 1.82) is 0 Å². The van der Waals surface area contributed by atoms with Crippen LogP contribution in [0.15, 0.2) is 18.2 Å². The highest BCUT2D eigenvalue weighted by Gasteiger charge is 2.01. The minimum absolute atomic E-state index is 0.222. The second-order valence-electron chi connectivity index (χ2n) is 2.95. The van der Waals surface area contributed by atoms with E-state index in [2.05, 4.69) is 0 Å². The molecule has 14 heavy (non-hydrogen) atoms. The minimum Gasteiger partial charge on any atom is -0.468 e. The Bertz CT molecular complexity index is 339. The van der Waals surface area contributed by atoms with Crippen molar-refractivity contribution < 1.29 is 9.47 Å². The Balaban J connectivity index is 2.89. The Hall–Kier alpha value is -1.13. The van der Waals surface area contributed by atoms with Crippen molar-refractivity contribution in [1.82, 2.24) is 0 Å². The lowest BCUT2D eigenvalue weighted by Crippen LogP contribution is -2.10. The van der Waals surface area contributed by atoms with Gasteiger partial charge in [-0.1, -0.05) is 12.2 Å². The number of thiocarbonyl (C=S) groups is 1. The Labute approximate surface area is 88.8 Å². The number of nitrogens with two attached hydrogens (primary N) is 1. The van der Waals surface area contributed by atoms with Crippen molar-refractivity contribution in [2.75, 3.05) is 13.9 Å². The van der Waals surface area contributed by atoms with Gasteiger partial charge in [0.2, 0.25) is 0 Å². The fraction of sp³-hybridized carbons (Fsp3) is 0.300. The molecule has 0 bridgehead atoms. The highest BCUT2D eigenvalue weighted by Crippen LogP contribution is 2.16. The Kier molecular flexibility index (Phi) is 3.85. The lowest BCUT2D eigenvalue weighted by molar-refractivity contribution is 0.0511. The number of rotatable bonds is 4. The molecule has 0 heterocycles. The van der Waals surface area contributed by atoms with Gasteiger partial charge >= 0.3 is 0 Å². The molecule has 3 nitrogen and oxygen atoms in total. The van der Waals surface area contributed by atoms with Gasteiger partial charge in [0.1, 0.15) is 10.7 Å². The molecule has 0 atom stereocenters. The molecule has 0 fully saturated rings. The van der Waals surface area contributed by atoms with Crippen molar-refractivity contribution in [3.05, 3.63) is 29.3 Å². The van der Waals surface area contributed by atoms with Crippen LogP contribution in [0.5, 0.6) is 5.75 Å². The maximum atomic E-state index is 5.52. The fourth-order valence-electron chi connectivity index (χ4n) is 1.10. The summed E-state index contributed by atoms with van der Waals surface area (Å²) in [7, 11) is 1.57. The van der Waals surface area contributed by atoms with E-state index in [4.69, 9.17) is 27.4 Å². The SMILES string of the molecule is COCOc1cc(C)cc(C(N)=S)c1. The molecule has 0 radical (unpaired) electrons. The first kappa shape index (κ1) is 10.9. The van der Waals surface area contributed by atoms with Crippen LogP contribution in [0.4, 0.5) is 0 Å². The van der Waals surface area contributed by atoms with Crippen LogP contribution < -0.4 is 10.5 Å². The van der Waals surface area contributed by atoms with Crippen molar-refractivity contribution in [2.24, 2.45) is 5.73 Å². The van der Waals surface area contributed by atoms with Gasteiger partial charge in [-0.05, 0) is 30.7 Å². The summed E-state index contributed by atoms with van der Waals surface area (Å²) in [6.07, 6.45) is 0. The van der Waals surface area contributed by atoms with E-state index in [1.807, 2.05) is 19.1 Å². The molecule has 0 aliphatic rings. The van der Waals surface area contributed by atoms with Crippen LogP contribution in [0.2, 0.25) is 0 Å². The summed E-state index contributed by atoms with van der Waals surface area (Å²) >= 11 is 4.88. The maximum absolute atomic E-state index is 5.52.